The summed E-state index contributed by atoms with van der Waals surface area (Å²) in [6, 6.07) is 16.7. The lowest BCUT2D eigenvalue weighted by Crippen LogP contribution is -2.41. The summed E-state index contributed by atoms with van der Waals surface area (Å²) in [6.45, 7) is 10.9. The molecule has 1 amide bonds. The number of carbonyl (C=O) groups excluding carboxylic acids is 1. The first-order valence-electron chi connectivity index (χ1n) is 12.8. The monoisotopic (exact) mass is 518 g/mol. The summed E-state index contributed by atoms with van der Waals surface area (Å²) in [6.07, 6.45) is 1.06. The van der Waals surface area contributed by atoms with Crippen LogP contribution >= 0.6 is 11.9 Å². The van der Waals surface area contributed by atoms with E-state index in [1.54, 1.807) is 4.90 Å². The Balaban J connectivity index is 1.55. The molecule has 5 rings (SSSR count). The molecule has 2 aliphatic rings. The van der Waals surface area contributed by atoms with Crippen LogP contribution in [0.15, 0.2) is 53.4 Å². The number of nitrogens with zero attached hydrogens (tertiary/aromatic N) is 3. The van der Waals surface area contributed by atoms with Crippen LogP contribution in [-0.4, -0.2) is 45.8 Å². The Morgan fingerprint density at radius 1 is 1.11 bits per heavy atom. The second-order valence-electron chi connectivity index (χ2n) is 10.8. The van der Waals surface area contributed by atoms with Gasteiger partial charge in [-0.25, -0.2) is 9.78 Å². The standard InChI is InChI=1S/C29H34N4O3S/c1-18-8-6-9-19(2)26(18)24-16-25-31-27(30-24)32-37-23-11-7-10-20(15-23)21-12-13-33(17-22(14-21)35-25)28(34)36-29(3,4)5/h6-11,15-16,21-22H,12-14,17H2,1-5H3,(H,30,31,32)/t21?,22-/m1/s1. The zero-order chi connectivity index (χ0) is 26.2. The van der Waals surface area contributed by atoms with Crippen LogP contribution in [0.4, 0.5) is 10.7 Å². The van der Waals surface area contributed by atoms with E-state index in [-0.39, 0.29) is 18.1 Å². The smallest absolute Gasteiger partial charge is 0.410 e. The van der Waals surface area contributed by atoms with Crippen molar-refractivity contribution in [3.8, 4) is 17.1 Å². The van der Waals surface area contributed by atoms with Crippen molar-refractivity contribution < 1.29 is 14.3 Å². The minimum Gasteiger partial charge on any atom is -0.472 e. The number of benzene rings is 2. The number of ether oxygens (including phenoxy) is 2. The van der Waals surface area contributed by atoms with E-state index >= 15 is 0 Å². The molecule has 2 aromatic carbocycles. The van der Waals surface area contributed by atoms with E-state index in [2.05, 4.69) is 61.0 Å². The molecule has 0 radical (unpaired) electrons. The van der Waals surface area contributed by atoms with Gasteiger partial charge in [0.15, 0.2) is 0 Å². The number of anilines is 1. The predicted molar refractivity (Wildman–Crippen MR) is 147 cm³/mol. The van der Waals surface area contributed by atoms with Gasteiger partial charge in [-0.05, 0) is 94.1 Å². The van der Waals surface area contributed by atoms with Crippen LogP contribution in [0.2, 0.25) is 0 Å². The van der Waals surface area contributed by atoms with Crippen molar-refractivity contribution in [2.24, 2.45) is 0 Å². The fourth-order valence-corrected chi connectivity index (χ4v) is 5.67. The van der Waals surface area contributed by atoms with Crippen LogP contribution < -0.4 is 9.46 Å². The van der Waals surface area contributed by atoms with E-state index in [4.69, 9.17) is 19.4 Å². The fraction of sp³-hybridized carbons (Fsp3) is 0.414. The summed E-state index contributed by atoms with van der Waals surface area (Å²) in [4.78, 5) is 25.5. The molecule has 2 aliphatic heterocycles. The highest BCUT2D eigenvalue weighted by molar-refractivity contribution is 8.00. The van der Waals surface area contributed by atoms with E-state index in [0.717, 1.165) is 40.1 Å². The topological polar surface area (TPSA) is 76.6 Å². The highest BCUT2D eigenvalue weighted by Crippen LogP contribution is 2.35. The highest BCUT2D eigenvalue weighted by atomic mass is 32.2. The summed E-state index contributed by atoms with van der Waals surface area (Å²) >= 11 is 1.49. The van der Waals surface area contributed by atoms with Crippen molar-refractivity contribution in [1.82, 2.24) is 14.9 Å². The second kappa shape index (κ2) is 10.2. The average molecular weight is 519 g/mol. The minimum absolute atomic E-state index is 0.246. The van der Waals surface area contributed by atoms with Gasteiger partial charge in [-0.2, -0.15) is 4.98 Å². The first-order valence-corrected chi connectivity index (χ1v) is 13.6. The SMILES string of the molecule is Cc1cccc(C)c1-c1cc2nc(n1)NSc1cccc(c1)C1CCN(C(=O)OC(C)(C)C)C[C@@H](C1)O2. The Morgan fingerprint density at radius 3 is 2.62 bits per heavy atom. The lowest BCUT2D eigenvalue weighted by Gasteiger charge is -2.28. The quantitative estimate of drug-likeness (QED) is 0.357. The first kappa shape index (κ1) is 25.4. The van der Waals surface area contributed by atoms with Crippen LogP contribution in [0, 0.1) is 13.8 Å². The molecule has 37 heavy (non-hydrogen) atoms. The van der Waals surface area contributed by atoms with Crippen molar-refractivity contribution >= 4 is 24.0 Å². The Hall–Kier alpha value is -3.26. The van der Waals surface area contributed by atoms with Gasteiger partial charge in [0.05, 0.1) is 12.2 Å². The molecule has 1 saturated heterocycles. The van der Waals surface area contributed by atoms with Crippen LogP contribution in [0.1, 0.15) is 56.2 Å². The molecule has 3 aromatic rings. The minimum atomic E-state index is -0.559. The van der Waals surface area contributed by atoms with Gasteiger partial charge in [-0.3, -0.25) is 4.72 Å². The van der Waals surface area contributed by atoms with Crippen LogP contribution in [0.25, 0.3) is 11.3 Å². The molecule has 1 unspecified atom stereocenters. The molecular formula is C29H34N4O3S. The molecule has 8 heteroatoms. The largest absolute Gasteiger partial charge is 0.472 e. The van der Waals surface area contributed by atoms with E-state index in [1.807, 2.05) is 26.8 Å². The first-order chi connectivity index (χ1) is 17.6. The van der Waals surface area contributed by atoms with Crippen molar-refractivity contribution in [2.75, 3.05) is 17.8 Å². The third-order valence-electron chi connectivity index (χ3n) is 6.69. The Kier molecular flexibility index (Phi) is 7.03. The number of likely N-dealkylation sites (tertiary alicyclic amines) is 1. The van der Waals surface area contributed by atoms with Gasteiger partial charge in [0.2, 0.25) is 11.8 Å². The molecule has 0 aliphatic carbocycles. The van der Waals surface area contributed by atoms with Crippen LogP contribution in [0.3, 0.4) is 0 Å². The maximum atomic E-state index is 13.0. The summed E-state index contributed by atoms with van der Waals surface area (Å²) < 4.78 is 15.6. The number of aromatic nitrogens is 2. The third kappa shape index (κ3) is 6.01. The van der Waals surface area contributed by atoms with Crippen molar-refractivity contribution in [1.29, 1.82) is 0 Å². The number of rotatable bonds is 1. The molecule has 1 N–H and O–H groups in total. The lowest BCUT2D eigenvalue weighted by atomic mass is 9.91. The molecule has 3 heterocycles. The number of fused-ring (bicyclic) bond motifs is 7. The molecule has 194 valence electrons. The van der Waals surface area contributed by atoms with E-state index < -0.39 is 5.60 Å². The summed E-state index contributed by atoms with van der Waals surface area (Å²) in [5.41, 5.74) is 4.85. The van der Waals surface area contributed by atoms with Crippen LogP contribution in [0.5, 0.6) is 5.88 Å². The van der Waals surface area contributed by atoms with Crippen molar-refractivity contribution in [2.45, 2.75) is 70.0 Å². The summed E-state index contributed by atoms with van der Waals surface area (Å²) in [5, 5.41) is 0. The number of amides is 1. The molecule has 0 spiro atoms. The summed E-state index contributed by atoms with van der Waals surface area (Å²) in [5.74, 6) is 1.23. The maximum Gasteiger partial charge on any atom is 0.410 e. The Bertz CT molecular complexity index is 1290. The molecule has 1 aromatic heterocycles. The van der Waals surface area contributed by atoms with Gasteiger partial charge in [-0.1, -0.05) is 30.3 Å². The number of hydrogen-bond donors (Lipinski definition) is 1. The van der Waals surface area contributed by atoms with E-state index in [1.165, 1.54) is 17.5 Å². The van der Waals surface area contributed by atoms with Crippen molar-refractivity contribution in [3.63, 3.8) is 0 Å². The molecule has 2 atom stereocenters. The zero-order valence-electron chi connectivity index (χ0n) is 22.1. The lowest BCUT2D eigenvalue weighted by molar-refractivity contribution is 0.0189. The number of carbonyl (C=O) groups is 1. The third-order valence-corrected chi connectivity index (χ3v) is 7.46. The Morgan fingerprint density at radius 2 is 1.86 bits per heavy atom. The van der Waals surface area contributed by atoms with E-state index in [9.17, 15) is 4.79 Å². The number of hydrogen-bond acceptors (Lipinski definition) is 7. The number of nitrogens with one attached hydrogen (secondary N) is 1. The molecule has 0 saturated carbocycles. The highest BCUT2D eigenvalue weighted by Gasteiger charge is 2.32. The molecule has 1 fully saturated rings. The van der Waals surface area contributed by atoms with Gasteiger partial charge in [0.25, 0.3) is 0 Å². The predicted octanol–water partition coefficient (Wildman–Crippen LogP) is 6.76. The van der Waals surface area contributed by atoms with Gasteiger partial charge in [0.1, 0.15) is 11.7 Å². The fourth-order valence-electron chi connectivity index (χ4n) is 5.02. The Labute approximate surface area is 223 Å². The molecule has 7 nitrogen and oxygen atoms in total. The van der Waals surface area contributed by atoms with Crippen molar-refractivity contribution in [3.05, 3.63) is 65.2 Å². The average Bonchev–Trinajstić information content (AvgIpc) is 3.04. The molecular weight excluding hydrogens is 484 g/mol. The second-order valence-corrected chi connectivity index (χ2v) is 11.7. The van der Waals surface area contributed by atoms with Gasteiger partial charge in [-0.15, -0.1) is 0 Å². The normalized spacial score (nSPS) is 19.4. The maximum absolute atomic E-state index is 13.0. The van der Waals surface area contributed by atoms with Crippen LogP contribution in [-0.2, 0) is 4.74 Å². The zero-order valence-corrected chi connectivity index (χ0v) is 22.9. The van der Waals surface area contributed by atoms with Gasteiger partial charge < -0.3 is 14.4 Å². The van der Waals surface area contributed by atoms with Gasteiger partial charge in [0, 0.05) is 23.1 Å². The summed E-state index contributed by atoms with van der Waals surface area (Å²) in [7, 11) is 0. The van der Waals surface area contributed by atoms with Gasteiger partial charge >= 0.3 is 6.09 Å². The number of aryl methyl sites for hydroxylation is 2. The molecule has 6 bridgehead atoms. The van der Waals surface area contributed by atoms with E-state index in [0.29, 0.717) is 24.9 Å².